The molecule has 11 heteroatoms. The number of rotatable bonds is 5. The Morgan fingerprint density at radius 2 is 1.88 bits per heavy atom. The number of carbonyl (C=O) groups is 2. The lowest BCUT2D eigenvalue weighted by atomic mass is 10.1. The monoisotopic (exact) mass is 467 g/mol. The van der Waals surface area contributed by atoms with Crippen molar-refractivity contribution in [3.05, 3.63) is 81.9 Å². The predicted molar refractivity (Wildman–Crippen MR) is 120 cm³/mol. The molecule has 9 nitrogen and oxygen atoms in total. The first-order valence-corrected chi connectivity index (χ1v) is 9.79. The number of furan rings is 1. The third-order valence-corrected chi connectivity index (χ3v) is 5.05. The fourth-order valence-corrected chi connectivity index (χ4v) is 3.48. The fourth-order valence-electron chi connectivity index (χ4n) is 3.20. The quantitative estimate of drug-likeness (QED) is 0.199. The second kappa shape index (κ2) is 8.63. The van der Waals surface area contributed by atoms with E-state index < -0.39 is 22.6 Å². The van der Waals surface area contributed by atoms with E-state index in [1.165, 1.54) is 61.7 Å². The lowest BCUT2D eigenvalue weighted by Crippen LogP contribution is -2.54. The van der Waals surface area contributed by atoms with Crippen LogP contribution in [0.25, 0.3) is 17.4 Å². The summed E-state index contributed by atoms with van der Waals surface area (Å²) in [6.07, 6.45) is 1.25. The van der Waals surface area contributed by atoms with E-state index in [-0.39, 0.29) is 33.6 Å². The molecule has 166 valence electrons. The minimum Gasteiger partial charge on any atom is -0.496 e. The van der Waals surface area contributed by atoms with Crippen molar-refractivity contribution in [2.24, 2.45) is 0 Å². The average molecular weight is 467 g/mol. The van der Waals surface area contributed by atoms with Crippen LogP contribution in [0, 0.1) is 15.9 Å². The van der Waals surface area contributed by atoms with E-state index >= 15 is 0 Å². The van der Waals surface area contributed by atoms with Crippen molar-refractivity contribution in [1.29, 1.82) is 0 Å². The number of nitro benzene ring substituents is 1. The smallest absolute Gasteiger partial charge is 0.273 e. The topological polar surface area (TPSA) is 115 Å². The molecule has 2 heterocycles. The largest absolute Gasteiger partial charge is 0.496 e. The third-order valence-electron chi connectivity index (χ3n) is 4.76. The van der Waals surface area contributed by atoms with E-state index in [1.54, 1.807) is 6.07 Å². The number of hydrogen-bond donors (Lipinski definition) is 1. The van der Waals surface area contributed by atoms with Crippen LogP contribution >= 0.6 is 12.2 Å². The summed E-state index contributed by atoms with van der Waals surface area (Å²) in [6.45, 7) is 0. The highest BCUT2D eigenvalue weighted by Gasteiger charge is 2.34. The van der Waals surface area contributed by atoms with Gasteiger partial charge in [-0.25, -0.2) is 4.39 Å². The normalized spacial score (nSPS) is 15.0. The van der Waals surface area contributed by atoms with Gasteiger partial charge >= 0.3 is 0 Å². The molecule has 1 aliphatic rings. The Labute approximate surface area is 191 Å². The number of anilines is 1. The Morgan fingerprint density at radius 3 is 2.55 bits per heavy atom. The molecular weight excluding hydrogens is 453 g/mol. The molecule has 0 radical (unpaired) electrons. The molecule has 4 rings (SSSR count). The number of halogens is 1. The maximum Gasteiger partial charge on any atom is 0.273 e. The fraction of sp³-hybridized carbons (Fsp3) is 0.0455. The standard InChI is InChI=1S/C22H14FN3O6S/c1-31-19-10-14(26(29)30)6-8-16(19)18-9-7-15(32-18)11-17-20(27)24-22(33)25(21(17)28)13-4-2-12(23)3-5-13/h2-11H,1H3,(H,24,27,33)/b17-11-. The van der Waals surface area contributed by atoms with Crippen LogP contribution in [0.15, 0.2) is 64.6 Å². The van der Waals surface area contributed by atoms with Crippen LogP contribution in [0.1, 0.15) is 5.76 Å². The van der Waals surface area contributed by atoms with Crippen LogP contribution < -0.4 is 15.0 Å². The summed E-state index contributed by atoms with van der Waals surface area (Å²) >= 11 is 5.11. The van der Waals surface area contributed by atoms with Gasteiger partial charge in [-0.05, 0) is 60.8 Å². The number of amides is 2. The zero-order valence-electron chi connectivity index (χ0n) is 16.9. The lowest BCUT2D eigenvalue weighted by molar-refractivity contribution is -0.384. The third kappa shape index (κ3) is 4.21. The molecule has 0 spiro atoms. The van der Waals surface area contributed by atoms with Crippen molar-refractivity contribution < 1.29 is 28.1 Å². The van der Waals surface area contributed by atoms with Crippen molar-refractivity contribution in [2.45, 2.75) is 0 Å². The van der Waals surface area contributed by atoms with Gasteiger partial charge in [-0.2, -0.15) is 0 Å². The molecule has 1 saturated heterocycles. The summed E-state index contributed by atoms with van der Waals surface area (Å²) in [5.74, 6) is -1.20. The number of hydrogen-bond acceptors (Lipinski definition) is 7. The maximum atomic E-state index is 13.3. The molecule has 0 bridgehead atoms. The second-order valence-corrected chi connectivity index (χ2v) is 7.16. The van der Waals surface area contributed by atoms with Gasteiger partial charge in [-0.1, -0.05) is 0 Å². The number of nitrogens with one attached hydrogen (secondary N) is 1. The van der Waals surface area contributed by atoms with Gasteiger partial charge in [-0.3, -0.25) is 29.9 Å². The molecule has 33 heavy (non-hydrogen) atoms. The molecule has 1 aromatic heterocycles. The van der Waals surface area contributed by atoms with Crippen molar-refractivity contribution >= 4 is 46.6 Å². The summed E-state index contributed by atoms with van der Waals surface area (Å²) in [7, 11) is 1.37. The molecule has 0 aliphatic carbocycles. The first kappa shape index (κ1) is 21.8. The van der Waals surface area contributed by atoms with Gasteiger partial charge < -0.3 is 9.15 Å². The number of nitro groups is 1. The lowest BCUT2D eigenvalue weighted by Gasteiger charge is -2.28. The highest BCUT2D eigenvalue weighted by atomic mass is 32.1. The number of ether oxygens (including phenoxy) is 1. The average Bonchev–Trinajstić information content (AvgIpc) is 3.25. The summed E-state index contributed by atoms with van der Waals surface area (Å²) in [6, 6.07) is 12.2. The van der Waals surface area contributed by atoms with Gasteiger partial charge in [0, 0.05) is 6.07 Å². The number of thiocarbonyl (C=S) groups is 1. The zero-order chi connectivity index (χ0) is 23.7. The van der Waals surface area contributed by atoms with Gasteiger partial charge in [0.15, 0.2) is 5.11 Å². The number of methoxy groups -OCH3 is 1. The van der Waals surface area contributed by atoms with Gasteiger partial charge in [0.2, 0.25) is 0 Å². The van der Waals surface area contributed by atoms with Crippen LogP contribution in [-0.4, -0.2) is 29.0 Å². The van der Waals surface area contributed by atoms with Gasteiger partial charge in [0.05, 0.1) is 29.4 Å². The van der Waals surface area contributed by atoms with Crippen molar-refractivity contribution in [3.63, 3.8) is 0 Å². The molecule has 1 fully saturated rings. The molecule has 1 aliphatic heterocycles. The highest BCUT2D eigenvalue weighted by Crippen LogP contribution is 2.34. The minimum atomic E-state index is -0.714. The first-order chi connectivity index (χ1) is 15.8. The molecule has 0 unspecified atom stereocenters. The molecule has 1 N–H and O–H groups in total. The zero-order valence-corrected chi connectivity index (χ0v) is 17.7. The summed E-state index contributed by atoms with van der Waals surface area (Å²) in [5, 5.41) is 13.3. The summed E-state index contributed by atoms with van der Waals surface area (Å²) in [4.78, 5) is 37.0. The number of carbonyl (C=O) groups excluding carboxylic acids is 2. The Bertz CT molecular complexity index is 1330. The van der Waals surface area contributed by atoms with Crippen molar-refractivity contribution in [2.75, 3.05) is 12.0 Å². The van der Waals surface area contributed by atoms with Crippen LogP contribution in [-0.2, 0) is 9.59 Å². The molecular formula is C22H14FN3O6S. The molecule has 2 aromatic carbocycles. The number of benzene rings is 2. The Morgan fingerprint density at radius 1 is 1.15 bits per heavy atom. The highest BCUT2D eigenvalue weighted by molar-refractivity contribution is 7.80. The molecule has 3 aromatic rings. The van der Waals surface area contributed by atoms with Crippen molar-refractivity contribution in [3.8, 4) is 17.1 Å². The Balaban J connectivity index is 1.67. The Hall–Kier alpha value is -4.38. The van der Waals surface area contributed by atoms with E-state index in [1.807, 2.05) is 0 Å². The van der Waals surface area contributed by atoms with E-state index in [4.69, 9.17) is 21.4 Å². The van der Waals surface area contributed by atoms with E-state index in [9.17, 15) is 24.1 Å². The maximum absolute atomic E-state index is 13.3. The van der Waals surface area contributed by atoms with Crippen LogP contribution in [0.2, 0.25) is 0 Å². The Kier molecular flexibility index (Phi) is 5.71. The van der Waals surface area contributed by atoms with E-state index in [2.05, 4.69) is 5.32 Å². The summed E-state index contributed by atoms with van der Waals surface area (Å²) in [5.41, 5.74) is 0.338. The van der Waals surface area contributed by atoms with E-state index in [0.29, 0.717) is 11.3 Å². The van der Waals surface area contributed by atoms with Crippen LogP contribution in [0.4, 0.5) is 15.8 Å². The molecule has 2 amide bonds. The minimum absolute atomic E-state index is 0.135. The van der Waals surface area contributed by atoms with Gasteiger partial charge in [0.1, 0.15) is 28.7 Å². The molecule has 0 saturated carbocycles. The predicted octanol–water partition coefficient (Wildman–Crippen LogP) is 3.83. The SMILES string of the molecule is COc1cc([N+](=O)[O-])ccc1-c1ccc(/C=C2/C(=O)NC(=S)N(c3ccc(F)cc3)C2=O)o1. The number of non-ortho nitro benzene ring substituents is 1. The van der Waals surface area contributed by atoms with E-state index in [0.717, 1.165) is 4.90 Å². The molecule has 0 atom stereocenters. The van der Waals surface area contributed by atoms with Crippen molar-refractivity contribution in [1.82, 2.24) is 5.32 Å². The summed E-state index contributed by atoms with van der Waals surface area (Å²) < 4.78 is 24.2. The number of nitrogens with zero attached hydrogens (tertiary/aromatic N) is 2. The first-order valence-electron chi connectivity index (χ1n) is 9.38. The van der Waals surface area contributed by atoms with Crippen LogP contribution in [0.5, 0.6) is 5.75 Å². The second-order valence-electron chi connectivity index (χ2n) is 6.78. The van der Waals surface area contributed by atoms with Gasteiger partial charge in [0.25, 0.3) is 17.5 Å². The van der Waals surface area contributed by atoms with Crippen LogP contribution in [0.3, 0.4) is 0 Å². The van der Waals surface area contributed by atoms with Gasteiger partial charge in [-0.15, -0.1) is 0 Å².